The Hall–Kier alpha value is -2.63. The van der Waals surface area contributed by atoms with Crippen LogP contribution in [0.2, 0.25) is 0 Å². The predicted molar refractivity (Wildman–Crippen MR) is 93.5 cm³/mol. The van der Waals surface area contributed by atoms with Gasteiger partial charge in [0, 0.05) is 30.7 Å². The molecule has 0 spiro atoms. The normalized spacial score (nSPS) is 17.5. The van der Waals surface area contributed by atoms with Gasteiger partial charge >= 0.3 is 5.97 Å². The van der Waals surface area contributed by atoms with E-state index < -0.39 is 11.9 Å². The van der Waals surface area contributed by atoms with Crippen LogP contribution in [0.15, 0.2) is 30.5 Å². The Bertz CT molecular complexity index is 783. The van der Waals surface area contributed by atoms with Crippen LogP contribution in [0.25, 0.3) is 0 Å². The van der Waals surface area contributed by atoms with E-state index in [1.165, 1.54) is 0 Å². The van der Waals surface area contributed by atoms with Gasteiger partial charge in [0.05, 0.1) is 23.7 Å². The summed E-state index contributed by atoms with van der Waals surface area (Å²) < 4.78 is 2.08. The molecule has 0 aromatic carbocycles. The highest BCUT2D eigenvalue weighted by Gasteiger charge is 2.30. The first kappa shape index (κ1) is 17.2. The molecule has 1 aliphatic heterocycles. The lowest BCUT2D eigenvalue weighted by Gasteiger charge is -2.30. The van der Waals surface area contributed by atoms with Crippen LogP contribution in [0, 0.1) is 19.8 Å². The molecule has 3 rings (SSSR count). The number of aryl methyl sites for hydroxylation is 1. The molecular weight excluding hydrogens is 318 g/mol. The molecule has 0 bridgehead atoms. The third-order valence-electron chi connectivity index (χ3n) is 4.91. The number of nitrogens with zero attached hydrogens (tertiary/aromatic N) is 3. The highest BCUT2D eigenvalue weighted by molar-refractivity contribution is 5.96. The Morgan fingerprint density at radius 2 is 2.12 bits per heavy atom. The highest BCUT2D eigenvalue weighted by atomic mass is 16.4. The van der Waals surface area contributed by atoms with Crippen molar-refractivity contribution in [2.45, 2.75) is 33.2 Å². The monoisotopic (exact) mass is 341 g/mol. The van der Waals surface area contributed by atoms with Crippen molar-refractivity contribution in [2.75, 3.05) is 13.1 Å². The fourth-order valence-electron chi connectivity index (χ4n) is 3.45. The van der Waals surface area contributed by atoms with E-state index in [9.17, 15) is 14.7 Å². The van der Waals surface area contributed by atoms with Crippen LogP contribution in [0.4, 0.5) is 0 Å². The SMILES string of the molecule is Cc1cc(C(=O)N2CCCC(C(=O)O)C2)c(C)n1Cc1ccccn1. The van der Waals surface area contributed by atoms with Crippen molar-refractivity contribution in [3.63, 3.8) is 0 Å². The first-order chi connectivity index (χ1) is 12.0. The van der Waals surface area contributed by atoms with Crippen molar-refractivity contribution in [2.24, 2.45) is 5.92 Å². The molecule has 3 heterocycles. The Kier molecular flexibility index (Phi) is 4.88. The lowest BCUT2D eigenvalue weighted by molar-refractivity contribution is -0.143. The van der Waals surface area contributed by atoms with Crippen LogP contribution in [-0.2, 0) is 11.3 Å². The van der Waals surface area contributed by atoms with E-state index in [2.05, 4.69) is 9.55 Å². The van der Waals surface area contributed by atoms with E-state index >= 15 is 0 Å². The lowest BCUT2D eigenvalue weighted by atomic mass is 9.97. The maximum absolute atomic E-state index is 12.9. The number of carbonyl (C=O) groups is 2. The van der Waals surface area contributed by atoms with Crippen molar-refractivity contribution in [1.82, 2.24) is 14.5 Å². The van der Waals surface area contributed by atoms with Crippen LogP contribution in [0.5, 0.6) is 0 Å². The van der Waals surface area contributed by atoms with Gasteiger partial charge in [-0.25, -0.2) is 0 Å². The number of hydrogen-bond acceptors (Lipinski definition) is 3. The third kappa shape index (κ3) is 3.57. The number of carbonyl (C=O) groups excluding carboxylic acids is 1. The summed E-state index contributed by atoms with van der Waals surface area (Å²) in [5, 5.41) is 9.23. The van der Waals surface area contributed by atoms with Crippen molar-refractivity contribution >= 4 is 11.9 Å². The van der Waals surface area contributed by atoms with Crippen molar-refractivity contribution in [3.8, 4) is 0 Å². The quantitative estimate of drug-likeness (QED) is 0.927. The summed E-state index contributed by atoms with van der Waals surface area (Å²) in [5.41, 5.74) is 3.48. The molecule has 25 heavy (non-hydrogen) atoms. The number of carboxylic acid groups (broad SMARTS) is 1. The van der Waals surface area contributed by atoms with E-state index in [0.717, 1.165) is 23.5 Å². The predicted octanol–water partition coefficient (Wildman–Crippen LogP) is 2.49. The van der Waals surface area contributed by atoms with Crippen molar-refractivity contribution in [1.29, 1.82) is 0 Å². The number of rotatable bonds is 4. The summed E-state index contributed by atoms with van der Waals surface area (Å²) in [6.45, 7) is 5.43. The van der Waals surface area contributed by atoms with E-state index in [1.807, 2.05) is 38.1 Å². The van der Waals surface area contributed by atoms with Gasteiger partial charge in [-0.1, -0.05) is 6.07 Å². The molecule has 6 nitrogen and oxygen atoms in total. The molecule has 1 saturated heterocycles. The summed E-state index contributed by atoms with van der Waals surface area (Å²) in [7, 11) is 0. The van der Waals surface area contributed by atoms with Gasteiger partial charge in [-0.3, -0.25) is 14.6 Å². The summed E-state index contributed by atoms with van der Waals surface area (Å²) in [4.78, 5) is 30.2. The third-order valence-corrected chi connectivity index (χ3v) is 4.91. The molecule has 1 fully saturated rings. The van der Waals surface area contributed by atoms with E-state index in [1.54, 1.807) is 11.1 Å². The molecule has 2 aromatic rings. The average Bonchev–Trinajstić information content (AvgIpc) is 2.90. The Labute approximate surface area is 147 Å². The van der Waals surface area contributed by atoms with Gasteiger partial charge in [-0.05, 0) is 44.9 Å². The van der Waals surface area contributed by atoms with Gasteiger partial charge < -0.3 is 14.6 Å². The maximum Gasteiger partial charge on any atom is 0.308 e. The van der Waals surface area contributed by atoms with E-state index in [0.29, 0.717) is 25.1 Å². The van der Waals surface area contributed by atoms with Crippen LogP contribution >= 0.6 is 0 Å². The fraction of sp³-hybridized carbons (Fsp3) is 0.421. The van der Waals surface area contributed by atoms with Gasteiger partial charge in [-0.2, -0.15) is 0 Å². The molecule has 1 aliphatic rings. The molecule has 1 unspecified atom stereocenters. The van der Waals surface area contributed by atoms with E-state index in [-0.39, 0.29) is 12.5 Å². The first-order valence-electron chi connectivity index (χ1n) is 8.56. The Balaban J connectivity index is 1.82. The first-order valence-corrected chi connectivity index (χ1v) is 8.56. The average molecular weight is 341 g/mol. The van der Waals surface area contributed by atoms with Crippen LogP contribution in [0.1, 0.15) is 40.3 Å². The lowest BCUT2D eigenvalue weighted by Crippen LogP contribution is -2.42. The molecule has 1 amide bonds. The number of piperidine rings is 1. The van der Waals surface area contributed by atoms with Crippen molar-refractivity contribution in [3.05, 3.63) is 53.1 Å². The molecule has 1 atom stereocenters. The summed E-state index contributed by atoms with van der Waals surface area (Å²) in [6, 6.07) is 7.68. The molecule has 0 radical (unpaired) electrons. The smallest absolute Gasteiger partial charge is 0.308 e. The largest absolute Gasteiger partial charge is 0.481 e. The summed E-state index contributed by atoms with van der Waals surface area (Å²) in [6.07, 6.45) is 3.13. The number of aliphatic carboxylic acids is 1. The van der Waals surface area contributed by atoms with Gasteiger partial charge in [0.15, 0.2) is 0 Å². The molecule has 1 N–H and O–H groups in total. The minimum atomic E-state index is -0.821. The van der Waals surface area contributed by atoms with Crippen molar-refractivity contribution < 1.29 is 14.7 Å². The molecule has 132 valence electrons. The molecular formula is C19H23N3O3. The number of aromatic nitrogens is 2. The zero-order chi connectivity index (χ0) is 18.0. The number of hydrogen-bond donors (Lipinski definition) is 1. The number of amides is 1. The van der Waals surface area contributed by atoms with Gasteiger partial charge in [-0.15, -0.1) is 0 Å². The topological polar surface area (TPSA) is 75.4 Å². The summed E-state index contributed by atoms with van der Waals surface area (Å²) in [5.74, 6) is -1.36. The molecule has 2 aromatic heterocycles. The number of carboxylic acids is 1. The molecule has 0 saturated carbocycles. The van der Waals surface area contributed by atoms with Crippen LogP contribution in [-0.4, -0.2) is 44.5 Å². The molecule has 6 heteroatoms. The zero-order valence-electron chi connectivity index (χ0n) is 14.6. The second-order valence-electron chi connectivity index (χ2n) is 6.62. The second-order valence-corrected chi connectivity index (χ2v) is 6.62. The molecule has 0 aliphatic carbocycles. The standard InChI is InChI=1S/C19H23N3O3/c1-13-10-17(14(2)22(13)12-16-7-3-4-8-20-16)18(23)21-9-5-6-15(11-21)19(24)25/h3-4,7-8,10,15H,5-6,9,11-12H2,1-2H3,(H,24,25). The zero-order valence-corrected chi connectivity index (χ0v) is 14.6. The van der Waals surface area contributed by atoms with Crippen LogP contribution < -0.4 is 0 Å². The van der Waals surface area contributed by atoms with E-state index in [4.69, 9.17) is 0 Å². The number of pyridine rings is 1. The van der Waals surface area contributed by atoms with Gasteiger partial charge in [0.2, 0.25) is 0 Å². The van der Waals surface area contributed by atoms with Gasteiger partial charge in [0.25, 0.3) is 5.91 Å². The number of likely N-dealkylation sites (tertiary alicyclic amines) is 1. The summed E-state index contributed by atoms with van der Waals surface area (Å²) >= 11 is 0. The highest BCUT2D eigenvalue weighted by Crippen LogP contribution is 2.22. The minimum absolute atomic E-state index is 0.0775. The Morgan fingerprint density at radius 1 is 1.32 bits per heavy atom. The Morgan fingerprint density at radius 3 is 2.80 bits per heavy atom. The fourth-order valence-corrected chi connectivity index (χ4v) is 3.45. The second kappa shape index (κ2) is 7.09. The minimum Gasteiger partial charge on any atom is -0.481 e. The van der Waals surface area contributed by atoms with Gasteiger partial charge in [0.1, 0.15) is 0 Å². The van der Waals surface area contributed by atoms with Crippen LogP contribution in [0.3, 0.4) is 0 Å². The maximum atomic E-state index is 12.9.